The summed E-state index contributed by atoms with van der Waals surface area (Å²) in [7, 11) is 0. The SMILES string of the molecule is O=C(CCCNc1ccc(C(=O)O)nc1)NC1CC1. The standard InChI is InChI=1S/C13H17N3O3/c17-12(16-9-3-4-9)2-1-7-14-10-5-6-11(13(18)19)15-8-10/h5-6,8-9,14H,1-4,7H2,(H,16,17)(H,18,19). The molecule has 1 aromatic heterocycles. The quantitative estimate of drug-likeness (QED) is 0.644. The molecule has 1 aliphatic carbocycles. The summed E-state index contributed by atoms with van der Waals surface area (Å²) >= 11 is 0. The summed E-state index contributed by atoms with van der Waals surface area (Å²) in [6.45, 7) is 0.659. The van der Waals surface area contributed by atoms with Gasteiger partial charge in [0.25, 0.3) is 0 Å². The molecular weight excluding hydrogens is 246 g/mol. The number of pyridine rings is 1. The highest BCUT2D eigenvalue weighted by Gasteiger charge is 2.22. The Morgan fingerprint density at radius 1 is 1.37 bits per heavy atom. The molecule has 1 aliphatic rings. The van der Waals surface area contributed by atoms with E-state index in [4.69, 9.17) is 5.11 Å². The highest BCUT2D eigenvalue weighted by Crippen LogP contribution is 2.18. The maximum absolute atomic E-state index is 11.4. The Morgan fingerprint density at radius 2 is 2.16 bits per heavy atom. The summed E-state index contributed by atoms with van der Waals surface area (Å²) < 4.78 is 0. The van der Waals surface area contributed by atoms with Gasteiger partial charge in [0.1, 0.15) is 5.69 Å². The van der Waals surface area contributed by atoms with E-state index in [0.717, 1.165) is 24.9 Å². The van der Waals surface area contributed by atoms with Crippen molar-refractivity contribution in [3.05, 3.63) is 24.0 Å². The predicted molar refractivity (Wildman–Crippen MR) is 70.1 cm³/mol. The van der Waals surface area contributed by atoms with E-state index in [1.165, 1.54) is 12.3 Å². The number of hydrogen-bond acceptors (Lipinski definition) is 4. The third kappa shape index (κ3) is 4.57. The first-order valence-corrected chi connectivity index (χ1v) is 6.38. The summed E-state index contributed by atoms with van der Waals surface area (Å²) in [4.78, 5) is 25.8. The molecular formula is C13H17N3O3. The number of carbonyl (C=O) groups excluding carboxylic acids is 1. The second kappa shape index (κ2) is 6.17. The van der Waals surface area contributed by atoms with Crippen LogP contribution in [0, 0.1) is 0 Å². The molecule has 6 heteroatoms. The van der Waals surface area contributed by atoms with Gasteiger partial charge in [-0.3, -0.25) is 4.79 Å². The van der Waals surface area contributed by atoms with Crippen LogP contribution in [0.25, 0.3) is 0 Å². The van der Waals surface area contributed by atoms with Crippen LogP contribution in [0.3, 0.4) is 0 Å². The maximum Gasteiger partial charge on any atom is 0.354 e. The number of carboxylic acid groups (broad SMARTS) is 1. The number of hydrogen-bond donors (Lipinski definition) is 3. The van der Waals surface area contributed by atoms with Crippen LogP contribution in [0.2, 0.25) is 0 Å². The third-order valence-electron chi connectivity index (χ3n) is 2.83. The lowest BCUT2D eigenvalue weighted by Crippen LogP contribution is -2.25. The molecule has 0 spiro atoms. The summed E-state index contributed by atoms with van der Waals surface area (Å²) in [5, 5.41) is 14.7. The lowest BCUT2D eigenvalue weighted by molar-refractivity contribution is -0.121. The lowest BCUT2D eigenvalue weighted by atomic mass is 10.2. The summed E-state index contributed by atoms with van der Waals surface area (Å²) in [6.07, 6.45) is 4.92. The number of aromatic nitrogens is 1. The Hall–Kier alpha value is -2.11. The molecule has 1 amide bonds. The van der Waals surface area contributed by atoms with E-state index in [9.17, 15) is 9.59 Å². The average molecular weight is 263 g/mol. The molecule has 2 rings (SSSR count). The molecule has 0 radical (unpaired) electrons. The van der Waals surface area contributed by atoms with E-state index in [0.29, 0.717) is 19.0 Å². The van der Waals surface area contributed by atoms with E-state index in [-0.39, 0.29) is 11.6 Å². The molecule has 1 fully saturated rings. The Labute approximate surface area is 111 Å². The van der Waals surface area contributed by atoms with Gasteiger partial charge in [-0.25, -0.2) is 9.78 Å². The minimum atomic E-state index is -1.04. The van der Waals surface area contributed by atoms with Crippen molar-refractivity contribution in [3.63, 3.8) is 0 Å². The molecule has 0 bridgehead atoms. The average Bonchev–Trinajstić information content (AvgIpc) is 3.19. The topological polar surface area (TPSA) is 91.3 Å². The molecule has 1 saturated carbocycles. The van der Waals surface area contributed by atoms with E-state index in [1.807, 2.05) is 0 Å². The van der Waals surface area contributed by atoms with Gasteiger partial charge in [-0.1, -0.05) is 0 Å². The van der Waals surface area contributed by atoms with Crippen molar-refractivity contribution in [2.75, 3.05) is 11.9 Å². The van der Waals surface area contributed by atoms with Crippen LogP contribution in [0.1, 0.15) is 36.2 Å². The van der Waals surface area contributed by atoms with E-state index in [2.05, 4.69) is 15.6 Å². The van der Waals surface area contributed by atoms with Gasteiger partial charge in [-0.15, -0.1) is 0 Å². The van der Waals surface area contributed by atoms with Crippen LogP contribution in [0.4, 0.5) is 5.69 Å². The van der Waals surface area contributed by atoms with E-state index >= 15 is 0 Å². The van der Waals surface area contributed by atoms with E-state index in [1.54, 1.807) is 6.07 Å². The Morgan fingerprint density at radius 3 is 2.74 bits per heavy atom. The fourth-order valence-electron chi connectivity index (χ4n) is 1.63. The monoisotopic (exact) mass is 263 g/mol. The van der Waals surface area contributed by atoms with Crippen molar-refractivity contribution in [2.45, 2.75) is 31.7 Å². The maximum atomic E-state index is 11.4. The summed E-state index contributed by atoms with van der Waals surface area (Å²) in [5.74, 6) is -0.938. The minimum Gasteiger partial charge on any atom is -0.477 e. The molecule has 0 unspecified atom stereocenters. The fourth-order valence-corrected chi connectivity index (χ4v) is 1.63. The lowest BCUT2D eigenvalue weighted by Gasteiger charge is -2.06. The summed E-state index contributed by atoms with van der Waals surface area (Å²) in [6, 6.07) is 3.53. The number of nitrogens with zero attached hydrogens (tertiary/aromatic N) is 1. The van der Waals surface area contributed by atoms with Crippen molar-refractivity contribution in [3.8, 4) is 0 Å². The molecule has 0 saturated heterocycles. The van der Waals surface area contributed by atoms with Gasteiger partial charge in [0.15, 0.2) is 0 Å². The Balaban J connectivity index is 1.64. The van der Waals surface area contributed by atoms with Crippen LogP contribution in [0.5, 0.6) is 0 Å². The molecule has 1 heterocycles. The second-order valence-electron chi connectivity index (χ2n) is 4.61. The molecule has 102 valence electrons. The van der Waals surface area contributed by atoms with Crippen molar-refractivity contribution in [1.82, 2.24) is 10.3 Å². The van der Waals surface area contributed by atoms with Gasteiger partial charge in [-0.2, -0.15) is 0 Å². The smallest absolute Gasteiger partial charge is 0.354 e. The van der Waals surface area contributed by atoms with Gasteiger partial charge in [0.05, 0.1) is 11.9 Å². The van der Waals surface area contributed by atoms with Crippen LogP contribution in [0.15, 0.2) is 18.3 Å². The number of amides is 1. The predicted octanol–water partition coefficient (Wildman–Crippen LogP) is 1.25. The molecule has 3 N–H and O–H groups in total. The van der Waals surface area contributed by atoms with Gasteiger partial charge in [0.2, 0.25) is 5.91 Å². The molecule has 0 aliphatic heterocycles. The largest absolute Gasteiger partial charge is 0.477 e. The Bertz CT molecular complexity index is 455. The van der Waals surface area contributed by atoms with E-state index < -0.39 is 5.97 Å². The number of rotatable bonds is 7. The van der Waals surface area contributed by atoms with Crippen LogP contribution in [-0.4, -0.2) is 34.6 Å². The van der Waals surface area contributed by atoms with Crippen LogP contribution >= 0.6 is 0 Å². The zero-order valence-electron chi connectivity index (χ0n) is 10.6. The van der Waals surface area contributed by atoms with Crippen molar-refractivity contribution in [2.24, 2.45) is 0 Å². The molecule has 0 atom stereocenters. The number of nitrogens with one attached hydrogen (secondary N) is 2. The fraction of sp³-hybridized carbons (Fsp3) is 0.462. The summed E-state index contributed by atoms with van der Waals surface area (Å²) in [5.41, 5.74) is 0.780. The molecule has 19 heavy (non-hydrogen) atoms. The first-order chi connectivity index (χ1) is 9.15. The van der Waals surface area contributed by atoms with Crippen molar-refractivity contribution >= 4 is 17.6 Å². The zero-order chi connectivity index (χ0) is 13.7. The first-order valence-electron chi connectivity index (χ1n) is 6.38. The molecule has 6 nitrogen and oxygen atoms in total. The van der Waals surface area contributed by atoms with Gasteiger partial charge in [-0.05, 0) is 31.4 Å². The molecule has 1 aromatic rings. The highest BCUT2D eigenvalue weighted by molar-refractivity contribution is 5.85. The first kappa shape index (κ1) is 13.3. The number of carbonyl (C=O) groups is 2. The van der Waals surface area contributed by atoms with Crippen molar-refractivity contribution in [1.29, 1.82) is 0 Å². The van der Waals surface area contributed by atoms with Crippen LogP contribution < -0.4 is 10.6 Å². The zero-order valence-corrected chi connectivity index (χ0v) is 10.6. The van der Waals surface area contributed by atoms with Crippen molar-refractivity contribution < 1.29 is 14.7 Å². The minimum absolute atomic E-state index is 0.0226. The van der Waals surface area contributed by atoms with Gasteiger partial charge in [0, 0.05) is 19.0 Å². The van der Waals surface area contributed by atoms with Gasteiger partial charge >= 0.3 is 5.97 Å². The second-order valence-corrected chi connectivity index (χ2v) is 4.61. The third-order valence-corrected chi connectivity index (χ3v) is 2.83. The number of anilines is 1. The highest BCUT2D eigenvalue weighted by atomic mass is 16.4. The molecule has 0 aromatic carbocycles. The van der Waals surface area contributed by atoms with Crippen LogP contribution in [-0.2, 0) is 4.79 Å². The Kier molecular flexibility index (Phi) is 4.33. The number of aromatic carboxylic acids is 1. The number of carboxylic acids is 1. The van der Waals surface area contributed by atoms with Gasteiger partial charge < -0.3 is 15.7 Å². The normalized spacial score (nSPS) is 13.9.